The topological polar surface area (TPSA) is 64.7 Å². The predicted octanol–water partition coefficient (Wildman–Crippen LogP) is 1.42. The van der Waals surface area contributed by atoms with Gasteiger partial charge in [0, 0.05) is 32.0 Å². The van der Waals surface area contributed by atoms with E-state index in [9.17, 15) is 0 Å². The summed E-state index contributed by atoms with van der Waals surface area (Å²) in [6.07, 6.45) is 2.52. The van der Waals surface area contributed by atoms with Gasteiger partial charge in [-0.3, -0.25) is 4.90 Å². The second kappa shape index (κ2) is 5.15. The molecule has 2 aliphatic rings. The molecule has 118 valence electrons. The molecule has 0 N–H and O–H groups in total. The van der Waals surface area contributed by atoms with Gasteiger partial charge in [0.1, 0.15) is 23.3 Å². The highest BCUT2D eigenvalue weighted by atomic mass is 15.4. The van der Waals surface area contributed by atoms with E-state index >= 15 is 0 Å². The van der Waals surface area contributed by atoms with Crippen molar-refractivity contribution in [2.24, 2.45) is 7.05 Å². The normalized spacial score (nSPS) is 18.9. The van der Waals surface area contributed by atoms with Gasteiger partial charge in [-0.15, -0.1) is 20.4 Å². The molecule has 0 bridgehead atoms. The summed E-state index contributed by atoms with van der Waals surface area (Å²) in [7, 11) is 2.09. The molecule has 1 aliphatic carbocycles. The van der Waals surface area contributed by atoms with Gasteiger partial charge in [-0.25, -0.2) is 0 Å². The lowest BCUT2D eigenvalue weighted by atomic mass is 10.2. The molecule has 0 spiro atoms. The second-order valence-corrected chi connectivity index (χ2v) is 6.80. The summed E-state index contributed by atoms with van der Waals surface area (Å²) in [6.45, 7) is 7.98. The Morgan fingerprint density at radius 1 is 1.09 bits per heavy atom. The van der Waals surface area contributed by atoms with Gasteiger partial charge in [-0.2, -0.15) is 0 Å². The van der Waals surface area contributed by atoms with Crippen LogP contribution in [-0.4, -0.2) is 41.0 Å². The number of hydrogen-bond donors (Lipinski definition) is 0. The lowest BCUT2D eigenvalue weighted by molar-refractivity contribution is 0.200. The van der Waals surface area contributed by atoms with Gasteiger partial charge >= 0.3 is 0 Å². The second-order valence-electron chi connectivity index (χ2n) is 6.80. The van der Waals surface area contributed by atoms with E-state index in [1.54, 1.807) is 0 Å². The monoisotopic (exact) mass is 301 g/mol. The molecular formula is C15H23N7. The maximum atomic E-state index is 4.39. The third-order valence-electron chi connectivity index (χ3n) is 4.68. The maximum absolute atomic E-state index is 4.39. The summed E-state index contributed by atoms with van der Waals surface area (Å²) in [5.74, 6) is 5.44. The first-order chi connectivity index (χ1) is 10.6. The van der Waals surface area contributed by atoms with E-state index in [1.165, 1.54) is 12.8 Å². The Hall–Kier alpha value is -1.76. The van der Waals surface area contributed by atoms with Crippen molar-refractivity contribution in [2.45, 2.75) is 58.2 Å². The zero-order valence-electron chi connectivity index (χ0n) is 13.5. The molecule has 1 aliphatic heterocycles. The summed E-state index contributed by atoms with van der Waals surface area (Å²) < 4.78 is 4.45. The first-order valence-electron chi connectivity index (χ1n) is 8.16. The zero-order chi connectivity index (χ0) is 15.3. The van der Waals surface area contributed by atoms with Crippen molar-refractivity contribution in [2.75, 3.05) is 6.54 Å². The molecular weight excluding hydrogens is 278 g/mol. The summed E-state index contributed by atoms with van der Waals surface area (Å²) in [5, 5.41) is 17.5. The van der Waals surface area contributed by atoms with Gasteiger partial charge in [-0.05, 0) is 12.8 Å². The largest absolute Gasteiger partial charge is 0.317 e. The first-order valence-corrected chi connectivity index (χ1v) is 8.16. The van der Waals surface area contributed by atoms with Crippen LogP contribution in [0.1, 0.15) is 61.8 Å². The van der Waals surface area contributed by atoms with E-state index < -0.39 is 0 Å². The van der Waals surface area contributed by atoms with Crippen LogP contribution < -0.4 is 0 Å². The highest BCUT2D eigenvalue weighted by Gasteiger charge is 2.30. The average molecular weight is 301 g/mol. The third-order valence-corrected chi connectivity index (χ3v) is 4.68. The number of aromatic nitrogens is 6. The van der Waals surface area contributed by atoms with Crippen LogP contribution in [0, 0.1) is 0 Å². The zero-order valence-corrected chi connectivity index (χ0v) is 13.5. The Bertz CT molecular complexity index is 680. The summed E-state index contributed by atoms with van der Waals surface area (Å²) >= 11 is 0. The smallest absolute Gasteiger partial charge is 0.147 e. The predicted molar refractivity (Wildman–Crippen MR) is 81.2 cm³/mol. The molecule has 0 unspecified atom stereocenters. The van der Waals surface area contributed by atoms with E-state index in [4.69, 9.17) is 0 Å². The van der Waals surface area contributed by atoms with Crippen molar-refractivity contribution in [3.63, 3.8) is 0 Å². The van der Waals surface area contributed by atoms with Crippen molar-refractivity contribution >= 4 is 0 Å². The van der Waals surface area contributed by atoms with Crippen LogP contribution in [0.25, 0.3) is 0 Å². The van der Waals surface area contributed by atoms with Crippen LogP contribution in [-0.2, 0) is 26.7 Å². The Morgan fingerprint density at radius 2 is 1.91 bits per heavy atom. The van der Waals surface area contributed by atoms with Crippen LogP contribution in [0.15, 0.2) is 0 Å². The molecule has 0 amide bonds. The lowest BCUT2D eigenvalue weighted by Crippen LogP contribution is -2.34. The minimum absolute atomic E-state index is 0.424. The Morgan fingerprint density at radius 3 is 2.64 bits per heavy atom. The summed E-state index contributed by atoms with van der Waals surface area (Å²) in [4.78, 5) is 2.38. The third kappa shape index (κ3) is 2.33. The minimum Gasteiger partial charge on any atom is -0.317 e. The van der Waals surface area contributed by atoms with Crippen molar-refractivity contribution in [1.29, 1.82) is 0 Å². The molecule has 7 nitrogen and oxygen atoms in total. The molecule has 0 aromatic carbocycles. The Balaban J connectivity index is 1.48. The molecule has 0 atom stereocenters. The molecule has 1 saturated carbocycles. The van der Waals surface area contributed by atoms with Crippen LogP contribution in [0.3, 0.4) is 0 Å². The van der Waals surface area contributed by atoms with E-state index in [0.717, 1.165) is 49.5 Å². The van der Waals surface area contributed by atoms with Gasteiger partial charge in [0.05, 0.1) is 13.1 Å². The highest BCUT2D eigenvalue weighted by Crippen LogP contribution is 2.38. The van der Waals surface area contributed by atoms with E-state index in [0.29, 0.717) is 11.8 Å². The molecule has 4 rings (SSSR count). The van der Waals surface area contributed by atoms with E-state index in [1.807, 2.05) is 0 Å². The molecule has 1 fully saturated rings. The fourth-order valence-corrected chi connectivity index (χ4v) is 3.20. The molecule has 2 aromatic heterocycles. The van der Waals surface area contributed by atoms with E-state index in [2.05, 4.69) is 55.3 Å². The lowest BCUT2D eigenvalue weighted by Gasteiger charge is -2.27. The molecule has 0 saturated heterocycles. The molecule has 7 heteroatoms. The van der Waals surface area contributed by atoms with Gasteiger partial charge in [-0.1, -0.05) is 13.8 Å². The maximum Gasteiger partial charge on any atom is 0.147 e. The van der Waals surface area contributed by atoms with Gasteiger partial charge in [0.2, 0.25) is 0 Å². The highest BCUT2D eigenvalue weighted by molar-refractivity contribution is 5.08. The summed E-state index contributed by atoms with van der Waals surface area (Å²) in [6, 6.07) is 0. The number of fused-ring (bicyclic) bond motifs is 1. The van der Waals surface area contributed by atoms with Gasteiger partial charge in [0.15, 0.2) is 0 Å². The first kappa shape index (κ1) is 13.9. The van der Waals surface area contributed by atoms with Crippen molar-refractivity contribution in [1.82, 2.24) is 34.4 Å². The van der Waals surface area contributed by atoms with Crippen molar-refractivity contribution in [3.05, 3.63) is 23.3 Å². The Kier molecular flexibility index (Phi) is 3.25. The molecule has 22 heavy (non-hydrogen) atoms. The van der Waals surface area contributed by atoms with Crippen LogP contribution in [0.4, 0.5) is 0 Å². The van der Waals surface area contributed by atoms with Gasteiger partial charge in [0.25, 0.3) is 0 Å². The fraction of sp³-hybridized carbons (Fsp3) is 0.733. The van der Waals surface area contributed by atoms with Crippen LogP contribution >= 0.6 is 0 Å². The Labute approximate surface area is 130 Å². The number of nitrogens with zero attached hydrogens (tertiary/aromatic N) is 7. The van der Waals surface area contributed by atoms with Crippen LogP contribution in [0.5, 0.6) is 0 Å². The average Bonchev–Trinajstić information content (AvgIpc) is 3.14. The molecule has 3 heterocycles. The SMILES string of the molecule is CC(C)c1nnc2n1CCN(Cc1nnc(C3CC3)n1C)C2. The minimum atomic E-state index is 0.424. The quantitative estimate of drug-likeness (QED) is 0.854. The standard InChI is InChI=1S/C15H23N7/c1-10(2)14-18-17-13-9-21(6-7-22(13)14)8-12-16-19-15(20(12)3)11-4-5-11/h10-11H,4-9H2,1-3H3. The number of rotatable bonds is 4. The molecule has 2 aromatic rings. The molecule has 0 radical (unpaired) electrons. The number of hydrogen-bond acceptors (Lipinski definition) is 5. The van der Waals surface area contributed by atoms with Crippen LogP contribution in [0.2, 0.25) is 0 Å². The summed E-state index contributed by atoms with van der Waals surface area (Å²) in [5.41, 5.74) is 0. The fourth-order valence-electron chi connectivity index (χ4n) is 3.20. The van der Waals surface area contributed by atoms with Crippen molar-refractivity contribution < 1.29 is 0 Å². The van der Waals surface area contributed by atoms with Gasteiger partial charge < -0.3 is 9.13 Å². The van der Waals surface area contributed by atoms with E-state index in [-0.39, 0.29) is 0 Å². The van der Waals surface area contributed by atoms with Crippen molar-refractivity contribution in [3.8, 4) is 0 Å².